The average Bonchev–Trinajstić information content (AvgIpc) is 3.44. The number of aromatic nitrogens is 3. The Morgan fingerprint density at radius 3 is 2.53 bits per heavy atom. The number of aliphatic hydroxyl groups excluding tert-OH is 1. The molecule has 0 aliphatic heterocycles. The molecule has 0 saturated carbocycles. The fourth-order valence-electron chi connectivity index (χ4n) is 4.71. The van der Waals surface area contributed by atoms with E-state index in [0.29, 0.717) is 24.3 Å². The van der Waals surface area contributed by atoms with Gasteiger partial charge in [0, 0.05) is 44.2 Å². The van der Waals surface area contributed by atoms with Gasteiger partial charge in [-0.3, -0.25) is 13.9 Å². The van der Waals surface area contributed by atoms with Gasteiger partial charge in [0.1, 0.15) is 24.5 Å². The van der Waals surface area contributed by atoms with Crippen LogP contribution in [0, 0.1) is 0 Å². The molecule has 2 atom stereocenters. The van der Waals surface area contributed by atoms with Gasteiger partial charge in [0.05, 0.1) is 11.0 Å². The molecular weight excluding hydrogens is 484 g/mol. The molecule has 196 valence electrons. The summed E-state index contributed by atoms with van der Waals surface area (Å²) in [5, 5.41) is 24.5. The van der Waals surface area contributed by atoms with Crippen LogP contribution >= 0.6 is 0 Å². The number of nitrogens with zero attached hydrogens (tertiary/aromatic N) is 2. The van der Waals surface area contributed by atoms with Gasteiger partial charge in [-0.15, -0.1) is 0 Å². The standard InChI is InChI=1S/C29H30N4O5/c1-32-25-12-9-19(14-26(25)33(2)29(32)37)27(34)17-38-21-10-7-18(8-11-21)15-30-24(28(35)36)13-20-16-31-23-6-4-3-5-22(20)23/h3-12,14,16,24,27,30-31,34H,13,15,17H2,1-2H3,(H,35,36). The molecule has 9 nitrogen and oxygen atoms in total. The number of para-hydroxylation sites is 1. The largest absolute Gasteiger partial charge is 0.491 e. The Morgan fingerprint density at radius 2 is 1.76 bits per heavy atom. The summed E-state index contributed by atoms with van der Waals surface area (Å²) in [6.45, 7) is 0.438. The van der Waals surface area contributed by atoms with Crippen molar-refractivity contribution in [3.63, 3.8) is 0 Å². The fraction of sp³-hybridized carbons (Fsp3) is 0.241. The first-order valence-electron chi connectivity index (χ1n) is 12.4. The lowest BCUT2D eigenvalue weighted by Gasteiger charge is -2.15. The number of ether oxygens (including phenoxy) is 1. The highest BCUT2D eigenvalue weighted by Gasteiger charge is 2.19. The van der Waals surface area contributed by atoms with Crippen LogP contribution in [0.3, 0.4) is 0 Å². The highest BCUT2D eigenvalue weighted by molar-refractivity contribution is 5.84. The average molecular weight is 515 g/mol. The third-order valence-corrected chi connectivity index (χ3v) is 6.96. The van der Waals surface area contributed by atoms with E-state index in [0.717, 1.165) is 33.1 Å². The van der Waals surface area contributed by atoms with Crippen LogP contribution < -0.4 is 15.7 Å². The number of hydrogen-bond donors (Lipinski definition) is 4. The van der Waals surface area contributed by atoms with E-state index in [-0.39, 0.29) is 12.3 Å². The van der Waals surface area contributed by atoms with E-state index in [1.165, 1.54) is 0 Å². The van der Waals surface area contributed by atoms with E-state index in [1.54, 1.807) is 47.5 Å². The molecule has 38 heavy (non-hydrogen) atoms. The number of aliphatic hydroxyl groups is 1. The summed E-state index contributed by atoms with van der Waals surface area (Å²) in [6, 6.07) is 19.8. The second-order valence-corrected chi connectivity index (χ2v) is 9.45. The minimum Gasteiger partial charge on any atom is -0.491 e. The van der Waals surface area contributed by atoms with Crippen LogP contribution in [0.2, 0.25) is 0 Å². The smallest absolute Gasteiger partial charge is 0.328 e. The van der Waals surface area contributed by atoms with Gasteiger partial charge in [-0.2, -0.15) is 0 Å². The topological polar surface area (TPSA) is 122 Å². The minimum atomic E-state index is -0.905. The number of H-pyrrole nitrogens is 1. The van der Waals surface area contributed by atoms with E-state index in [2.05, 4.69) is 10.3 Å². The number of benzene rings is 3. The van der Waals surface area contributed by atoms with Gasteiger partial charge in [-0.05, 0) is 47.0 Å². The van der Waals surface area contributed by atoms with Crippen LogP contribution in [0.15, 0.2) is 77.7 Å². The van der Waals surface area contributed by atoms with Crippen molar-refractivity contribution in [3.05, 3.63) is 100 Å². The summed E-state index contributed by atoms with van der Waals surface area (Å²) in [7, 11) is 3.42. The summed E-state index contributed by atoms with van der Waals surface area (Å²) in [5.41, 5.74) is 4.94. The zero-order valence-electron chi connectivity index (χ0n) is 21.2. The van der Waals surface area contributed by atoms with E-state index >= 15 is 0 Å². The highest BCUT2D eigenvalue weighted by Crippen LogP contribution is 2.22. The second kappa shape index (κ2) is 10.6. The number of aryl methyl sites for hydroxylation is 2. The van der Waals surface area contributed by atoms with Gasteiger partial charge in [0.15, 0.2) is 0 Å². The van der Waals surface area contributed by atoms with Crippen LogP contribution in [0.1, 0.15) is 22.8 Å². The number of imidazole rings is 1. The van der Waals surface area contributed by atoms with E-state index < -0.39 is 18.1 Å². The van der Waals surface area contributed by atoms with Gasteiger partial charge >= 0.3 is 11.7 Å². The monoisotopic (exact) mass is 514 g/mol. The third kappa shape index (κ3) is 5.06. The first kappa shape index (κ1) is 25.3. The fourth-order valence-corrected chi connectivity index (χ4v) is 4.71. The number of hydrogen-bond acceptors (Lipinski definition) is 5. The zero-order chi connectivity index (χ0) is 26.8. The Hall–Kier alpha value is -4.34. The van der Waals surface area contributed by atoms with E-state index in [9.17, 15) is 19.8 Å². The van der Waals surface area contributed by atoms with Crippen molar-refractivity contribution in [2.24, 2.45) is 14.1 Å². The molecule has 0 spiro atoms. The summed E-state index contributed by atoms with van der Waals surface area (Å²) in [6.07, 6.45) is 1.36. The van der Waals surface area contributed by atoms with Crippen molar-refractivity contribution >= 4 is 27.9 Å². The number of carboxylic acids is 1. The predicted molar refractivity (Wildman–Crippen MR) is 145 cm³/mol. The number of aromatic amines is 1. The highest BCUT2D eigenvalue weighted by atomic mass is 16.5. The molecule has 3 aromatic carbocycles. The van der Waals surface area contributed by atoms with Gasteiger partial charge in [-0.25, -0.2) is 4.79 Å². The van der Waals surface area contributed by atoms with Crippen LogP contribution in [-0.4, -0.2) is 42.9 Å². The number of rotatable bonds is 10. The summed E-state index contributed by atoms with van der Waals surface area (Å²) < 4.78 is 8.90. The lowest BCUT2D eigenvalue weighted by Crippen LogP contribution is -2.38. The Bertz CT molecular complexity index is 1650. The SMILES string of the molecule is Cn1c(=O)n(C)c2cc(C(O)COc3ccc(CNC(Cc4c[nH]c5ccccc45)C(=O)O)cc3)ccc21. The maximum absolute atomic E-state index is 12.1. The first-order valence-corrected chi connectivity index (χ1v) is 12.4. The molecule has 0 saturated heterocycles. The van der Waals surface area contributed by atoms with Gasteiger partial charge in [0.25, 0.3) is 0 Å². The van der Waals surface area contributed by atoms with E-state index in [4.69, 9.17) is 4.74 Å². The molecule has 0 fully saturated rings. The van der Waals surface area contributed by atoms with Crippen LogP contribution in [0.4, 0.5) is 0 Å². The number of carbonyl (C=O) groups is 1. The van der Waals surface area contributed by atoms with Gasteiger partial charge in [0.2, 0.25) is 0 Å². The Balaban J connectivity index is 1.17. The van der Waals surface area contributed by atoms with Crippen LogP contribution in [0.5, 0.6) is 5.75 Å². The molecule has 0 radical (unpaired) electrons. The van der Waals surface area contributed by atoms with Crippen molar-refractivity contribution in [1.82, 2.24) is 19.4 Å². The second-order valence-electron chi connectivity index (χ2n) is 9.45. The lowest BCUT2D eigenvalue weighted by atomic mass is 10.0. The molecular formula is C29H30N4O5. The van der Waals surface area contributed by atoms with Crippen molar-refractivity contribution in [3.8, 4) is 5.75 Å². The number of fused-ring (bicyclic) bond motifs is 2. The Labute approximate surface area is 218 Å². The van der Waals surface area contributed by atoms with Gasteiger partial charge in [-0.1, -0.05) is 36.4 Å². The predicted octanol–water partition coefficient (Wildman–Crippen LogP) is 3.26. The molecule has 2 unspecified atom stereocenters. The molecule has 0 aliphatic rings. The van der Waals surface area contributed by atoms with Crippen molar-refractivity contribution < 1.29 is 19.7 Å². The number of nitrogens with one attached hydrogen (secondary N) is 2. The lowest BCUT2D eigenvalue weighted by molar-refractivity contribution is -0.139. The minimum absolute atomic E-state index is 0.0512. The molecule has 9 heteroatoms. The quantitative estimate of drug-likeness (QED) is 0.227. The summed E-state index contributed by atoms with van der Waals surface area (Å²) in [5.74, 6) is -0.312. The molecule has 2 aromatic heterocycles. The first-order chi connectivity index (χ1) is 18.3. The Morgan fingerprint density at radius 1 is 1.03 bits per heavy atom. The molecule has 0 bridgehead atoms. The van der Waals surface area contributed by atoms with Crippen molar-refractivity contribution in [2.75, 3.05) is 6.61 Å². The number of aliphatic carboxylic acids is 1. The molecule has 5 rings (SSSR count). The molecule has 4 N–H and O–H groups in total. The molecule has 0 amide bonds. The molecule has 5 aromatic rings. The van der Waals surface area contributed by atoms with Crippen molar-refractivity contribution in [1.29, 1.82) is 0 Å². The summed E-state index contributed by atoms with van der Waals surface area (Å²) >= 11 is 0. The van der Waals surface area contributed by atoms with E-state index in [1.807, 2.05) is 48.7 Å². The molecule has 2 heterocycles. The van der Waals surface area contributed by atoms with Crippen molar-refractivity contribution in [2.45, 2.75) is 25.1 Å². The molecule has 0 aliphatic carbocycles. The van der Waals surface area contributed by atoms with Crippen LogP contribution in [0.25, 0.3) is 21.9 Å². The maximum Gasteiger partial charge on any atom is 0.328 e. The maximum atomic E-state index is 12.1. The normalized spacial score (nSPS) is 13.1. The third-order valence-electron chi connectivity index (χ3n) is 6.96. The summed E-state index contributed by atoms with van der Waals surface area (Å²) in [4.78, 5) is 27.2. The van der Waals surface area contributed by atoms with Gasteiger partial charge < -0.3 is 25.3 Å². The Kier molecular flexibility index (Phi) is 7.04. The zero-order valence-corrected chi connectivity index (χ0v) is 21.2. The van der Waals surface area contributed by atoms with Crippen LogP contribution in [-0.2, 0) is 31.9 Å². The number of carboxylic acid groups (broad SMARTS) is 1.